The Balaban J connectivity index is 1.24. The highest BCUT2D eigenvalue weighted by Crippen LogP contribution is 2.38. The lowest BCUT2D eigenvalue weighted by molar-refractivity contribution is -0.128. The summed E-state index contributed by atoms with van der Waals surface area (Å²) in [6.07, 6.45) is 9.28. The third kappa shape index (κ3) is 4.21. The predicted octanol–water partition coefficient (Wildman–Crippen LogP) is 6.49. The lowest BCUT2D eigenvalue weighted by atomic mass is 9.87. The standard InChI is InChI=1S/C28H24ClNO2/c29-25-9-5-4-8-22(25)11-13-27(31)30-18-16-28(17-19-30)15-14-24-20-23(10-12-26(24)32-28)21-6-2-1-3-7-21/h1-15,20H,16-19H2/b13-11+. The summed E-state index contributed by atoms with van der Waals surface area (Å²) in [6, 6.07) is 24.2. The van der Waals surface area contributed by atoms with Gasteiger partial charge in [-0.3, -0.25) is 4.79 Å². The molecule has 160 valence electrons. The first-order valence-electron chi connectivity index (χ1n) is 10.9. The van der Waals surface area contributed by atoms with Gasteiger partial charge in [-0.1, -0.05) is 72.3 Å². The molecule has 4 heteroatoms. The second-order valence-corrected chi connectivity index (χ2v) is 8.71. The van der Waals surface area contributed by atoms with Gasteiger partial charge in [0.05, 0.1) is 0 Å². The van der Waals surface area contributed by atoms with Crippen LogP contribution in [0.1, 0.15) is 24.0 Å². The minimum absolute atomic E-state index is 0.00691. The maximum atomic E-state index is 12.7. The van der Waals surface area contributed by atoms with E-state index in [4.69, 9.17) is 16.3 Å². The molecule has 0 N–H and O–H groups in total. The molecule has 1 saturated heterocycles. The van der Waals surface area contributed by atoms with Gasteiger partial charge < -0.3 is 9.64 Å². The number of halogens is 1. The first kappa shape index (κ1) is 20.6. The summed E-state index contributed by atoms with van der Waals surface area (Å²) >= 11 is 6.18. The fourth-order valence-corrected chi connectivity index (χ4v) is 4.53. The van der Waals surface area contributed by atoms with E-state index in [1.54, 1.807) is 12.2 Å². The van der Waals surface area contributed by atoms with Crippen LogP contribution in [-0.4, -0.2) is 29.5 Å². The molecule has 1 spiro atoms. The number of carbonyl (C=O) groups is 1. The van der Waals surface area contributed by atoms with E-state index in [0.717, 1.165) is 29.7 Å². The number of amides is 1. The second kappa shape index (κ2) is 8.68. The van der Waals surface area contributed by atoms with Gasteiger partial charge in [-0.2, -0.15) is 0 Å². The zero-order valence-electron chi connectivity index (χ0n) is 17.7. The summed E-state index contributed by atoms with van der Waals surface area (Å²) in [4.78, 5) is 14.5. The topological polar surface area (TPSA) is 29.5 Å². The maximum absolute atomic E-state index is 12.7. The molecular formula is C28H24ClNO2. The van der Waals surface area contributed by atoms with Gasteiger partial charge in [-0.25, -0.2) is 0 Å². The molecular weight excluding hydrogens is 418 g/mol. The van der Waals surface area contributed by atoms with Crippen LogP contribution in [0.4, 0.5) is 0 Å². The highest BCUT2D eigenvalue weighted by molar-refractivity contribution is 6.32. The molecule has 2 aliphatic rings. The van der Waals surface area contributed by atoms with Gasteiger partial charge in [0.25, 0.3) is 0 Å². The Bertz CT molecular complexity index is 1190. The number of carbonyl (C=O) groups excluding carboxylic acids is 1. The average Bonchev–Trinajstić information content (AvgIpc) is 2.84. The number of hydrogen-bond acceptors (Lipinski definition) is 2. The normalized spacial score (nSPS) is 16.7. The molecule has 0 unspecified atom stereocenters. The Morgan fingerprint density at radius 3 is 2.47 bits per heavy atom. The van der Waals surface area contributed by atoms with Crippen molar-refractivity contribution < 1.29 is 9.53 Å². The van der Waals surface area contributed by atoms with Crippen LogP contribution in [-0.2, 0) is 4.79 Å². The number of likely N-dealkylation sites (tertiary alicyclic amines) is 1. The summed E-state index contributed by atoms with van der Waals surface area (Å²) < 4.78 is 6.46. The van der Waals surface area contributed by atoms with E-state index in [0.29, 0.717) is 18.1 Å². The first-order chi connectivity index (χ1) is 15.6. The van der Waals surface area contributed by atoms with E-state index in [-0.39, 0.29) is 11.5 Å². The van der Waals surface area contributed by atoms with Crippen LogP contribution in [0, 0.1) is 0 Å². The molecule has 5 rings (SSSR count). The molecule has 2 aliphatic heterocycles. The number of hydrogen-bond donors (Lipinski definition) is 0. The minimum Gasteiger partial charge on any atom is -0.482 e. The molecule has 0 aromatic heterocycles. The predicted molar refractivity (Wildman–Crippen MR) is 131 cm³/mol. The molecule has 0 bridgehead atoms. The summed E-state index contributed by atoms with van der Waals surface area (Å²) in [5.41, 5.74) is 3.98. The molecule has 2 heterocycles. The molecule has 3 aromatic rings. The molecule has 0 aliphatic carbocycles. The zero-order valence-corrected chi connectivity index (χ0v) is 18.5. The molecule has 1 fully saturated rings. The number of fused-ring (bicyclic) bond motifs is 1. The quantitative estimate of drug-likeness (QED) is 0.435. The molecule has 32 heavy (non-hydrogen) atoms. The van der Waals surface area contributed by atoms with Crippen LogP contribution in [0.25, 0.3) is 23.3 Å². The van der Waals surface area contributed by atoms with Gasteiger partial charge in [-0.15, -0.1) is 0 Å². The van der Waals surface area contributed by atoms with Crippen LogP contribution < -0.4 is 4.74 Å². The monoisotopic (exact) mass is 441 g/mol. The van der Waals surface area contributed by atoms with Crippen molar-refractivity contribution in [2.45, 2.75) is 18.4 Å². The second-order valence-electron chi connectivity index (χ2n) is 8.30. The van der Waals surface area contributed by atoms with Crippen molar-refractivity contribution in [2.75, 3.05) is 13.1 Å². The minimum atomic E-state index is -0.343. The van der Waals surface area contributed by atoms with Gasteiger partial charge in [0.1, 0.15) is 11.4 Å². The number of piperidine rings is 1. The van der Waals surface area contributed by atoms with Crippen molar-refractivity contribution >= 4 is 29.7 Å². The van der Waals surface area contributed by atoms with Crippen LogP contribution in [0.3, 0.4) is 0 Å². The smallest absolute Gasteiger partial charge is 0.246 e. The molecule has 0 saturated carbocycles. The highest BCUT2D eigenvalue weighted by atomic mass is 35.5. The highest BCUT2D eigenvalue weighted by Gasteiger charge is 2.37. The van der Waals surface area contributed by atoms with E-state index < -0.39 is 0 Å². The average molecular weight is 442 g/mol. The van der Waals surface area contributed by atoms with Crippen LogP contribution in [0.2, 0.25) is 5.02 Å². The maximum Gasteiger partial charge on any atom is 0.246 e. The Morgan fingerprint density at radius 1 is 0.938 bits per heavy atom. The fraction of sp³-hybridized carbons (Fsp3) is 0.179. The van der Waals surface area contributed by atoms with E-state index in [1.165, 1.54) is 11.1 Å². The molecule has 3 nitrogen and oxygen atoms in total. The molecule has 0 atom stereocenters. The van der Waals surface area contributed by atoms with Crippen molar-refractivity contribution in [3.05, 3.63) is 101 Å². The first-order valence-corrected chi connectivity index (χ1v) is 11.3. The lowest BCUT2D eigenvalue weighted by Crippen LogP contribution is -2.49. The third-order valence-electron chi connectivity index (χ3n) is 6.23. The van der Waals surface area contributed by atoms with E-state index in [1.807, 2.05) is 35.2 Å². The zero-order chi connectivity index (χ0) is 22.0. The van der Waals surface area contributed by atoms with Crippen molar-refractivity contribution in [1.82, 2.24) is 4.90 Å². The summed E-state index contributed by atoms with van der Waals surface area (Å²) in [5, 5.41) is 0.643. The molecule has 0 radical (unpaired) electrons. The summed E-state index contributed by atoms with van der Waals surface area (Å²) in [7, 11) is 0. The molecule has 1 amide bonds. The van der Waals surface area contributed by atoms with Gasteiger partial charge in [0, 0.05) is 42.6 Å². The van der Waals surface area contributed by atoms with Crippen LogP contribution >= 0.6 is 11.6 Å². The number of rotatable bonds is 3. The van der Waals surface area contributed by atoms with Crippen molar-refractivity contribution in [2.24, 2.45) is 0 Å². The van der Waals surface area contributed by atoms with Crippen LogP contribution in [0.15, 0.2) is 84.9 Å². The number of ether oxygens (including phenoxy) is 1. The van der Waals surface area contributed by atoms with Crippen molar-refractivity contribution in [3.63, 3.8) is 0 Å². The lowest BCUT2D eigenvalue weighted by Gasteiger charge is -2.41. The van der Waals surface area contributed by atoms with Gasteiger partial charge in [0.2, 0.25) is 5.91 Å². The number of benzene rings is 3. The van der Waals surface area contributed by atoms with Gasteiger partial charge in [-0.05, 0) is 47.0 Å². The number of nitrogens with zero attached hydrogens (tertiary/aromatic N) is 1. The van der Waals surface area contributed by atoms with Crippen LogP contribution in [0.5, 0.6) is 5.75 Å². The largest absolute Gasteiger partial charge is 0.482 e. The molecule has 3 aromatic carbocycles. The van der Waals surface area contributed by atoms with Crippen molar-refractivity contribution in [1.29, 1.82) is 0 Å². The third-order valence-corrected chi connectivity index (χ3v) is 6.57. The SMILES string of the molecule is O=C(/C=C/c1ccccc1Cl)N1CCC2(C=Cc3cc(-c4ccccc4)ccc3O2)CC1. The Kier molecular flexibility index (Phi) is 5.59. The van der Waals surface area contributed by atoms with E-state index in [9.17, 15) is 4.79 Å². The summed E-state index contributed by atoms with van der Waals surface area (Å²) in [5.74, 6) is 0.915. The summed E-state index contributed by atoms with van der Waals surface area (Å²) in [6.45, 7) is 1.32. The van der Waals surface area contributed by atoms with E-state index >= 15 is 0 Å². The fourth-order valence-electron chi connectivity index (χ4n) is 4.33. The van der Waals surface area contributed by atoms with Crippen molar-refractivity contribution in [3.8, 4) is 16.9 Å². The Hall–Kier alpha value is -3.30. The van der Waals surface area contributed by atoms with E-state index in [2.05, 4.69) is 54.6 Å². The van der Waals surface area contributed by atoms with Gasteiger partial charge in [0.15, 0.2) is 0 Å². The Morgan fingerprint density at radius 2 is 1.69 bits per heavy atom. The van der Waals surface area contributed by atoms with Gasteiger partial charge >= 0.3 is 0 Å². The Labute approximate surface area is 193 Å².